The molecule has 0 fully saturated rings. The lowest BCUT2D eigenvalue weighted by Gasteiger charge is -2.22. The van der Waals surface area contributed by atoms with E-state index in [1.54, 1.807) is 44.0 Å². The van der Waals surface area contributed by atoms with Gasteiger partial charge in [-0.2, -0.15) is 0 Å². The van der Waals surface area contributed by atoms with Crippen molar-refractivity contribution in [3.63, 3.8) is 0 Å². The second-order valence-electron chi connectivity index (χ2n) is 8.56. The molecule has 220 valence electrons. The molecule has 1 amide bonds. The molecule has 3 N–H and O–H groups in total. The third kappa shape index (κ3) is 11.3. The summed E-state index contributed by atoms with van der Waals surface area (Å²) >= 11 is 6.04. The van der Waals surface area contributed by atoms with Gasteiger partial charge in [0.2, 0.25) is 11.9 Å². The zero-order chi connectivity index (χ0) is 29.3. The van der Waals surface area contributed by atoms with Crippen molar-refractivity contribution < 1.29 is 33.4 Å². The molecule has 0 saturated heterocycles. The molecule has 2 aromatic rings. The number of carbonyl (C=O) groups is 4. The molecular formula is C27H38ClN5O7. The van der Waals surface area contributed by atoms with Gasteiger partial charge in [-0.3, -0.25) is 24.8 Å². The first kappa shape index (κ1) is 32.7. The van der Waals surface area contributed by atoms with Crippen LogP contribution < -0.4 is 16.0 Å². The number of nitrogens with one attached hydrogen (secondary N) is 3. The number of aromatic nitrogens is 1. The standard InChI is InChI=1S/C27H38ClN5O7/c1-4-38-24(35)18-33(15-7-11-32-25(26(36)39-5-2)27(37)40-6-3)17-23(34)31-14-13-30-21-10-12-29-22-16-19(28)8-9-20(21)22/h8-10,12,16,25,32H,4-7,11,13-15,17-18H2,1-3H3,(H,29,30)(H,31,34). The number of rotatable bonds is 18. The van der Waals surface area contributed by atoms with Crippen molar-refractivity contribution in [3.8, 4) is 0 Å². The van der Waals surface area contributed by atoms with E-state index in [0.29, 0.717) is 31.1 Å². The van der Waals surface area contributed by atoms with Crippen molar-refractivity contribution in [2.45, 2.75) is 33.2 Å². The molecule has 0 atom stereocenters. The number of pyridine rings is 1. The summed E-state index contributed by atoms with van der Waals surface area (Å²) in [6.45, 7) is 6.77. The van der Waals surface area contributed by atoms with Crippen LogP contribution in [-0.2, 0) is 33.4 Å². The minimum Gasteiger partial charge on any atom is -0.465 e. The number of anilines is 1. The summed E-state index contributed by atoms with van der Waals surface area (Å²) in [6, 6.07) is 6.06. The minimum atomic E-state index is -1.25. The van der Waals surface area contributed by atoms with Crippen molar-refractivity contribution in [1.82, 2.24) is 20.5 Å². The molecule has 1 aromatic carbocycles. The molecule has 0 unspecified atom stereocenters. The van der Waals surface area contributed by atoms with E-state index >= 15 is 0 Å². The van der Waals surface area contributed by atoms with E-state index in [1.165, 1.54) is 0 Å². The van der Waals surface area contributed by atoms with Crippen molar-refractivity contribution in [2.24, 2.45) is 0 Å². The number of benzene rings is 1. The van der Waals surface area contributed by atoms with Crippen LogP contribution in [-0.4, -0.2) is 98.8 Å². The SMILES string of the molecule is CCOC(=O)CN(CCCNC(C(=O)OCC)C(=O)OCC)CC(=O)NCCNc1ccnc2cc(Cl)ccc12. The van der Waals surface area contributed by atoms with Gasteiger partial charge in [-0.15, -0.1) is 0 Å². The Bertz CT molecular complexity index is 1120. The molecule has 2 rings (SSSR count). The molecule has 0 spiro atoms. The van der Waals surface area contributed by atoms with Crippen LogP contribution >= 0.6 is 11.6 Å². The normalized spacial score (nSPS) is 10.9. The van der Waals surface area contributed by atoms with E-state index in [1.807, 2.05) is 12.1 Å². The second kappa shape index (κ2) is 18.0. The molecule has 40 heavy (non-hydrogen) atoms. The highest BCUT2D eigenvalue weighted by atomic mass is 35.5. The van der Waals surface area contributed by atoms with Gasteiger partial charge in [0.15, 0.2) is 0 Å². The first-order chi connectivity index (χ1) is 19.3. The molecule has 13 heteroatoms. The Hall–Kier alpha value is -3.48. The fourth-order valence-electron chi connectivity index (χ4n) is 3.80. The van der Waals surface area contributed by atoms with Gasteiger partial charge in [-0.25, -0.2) is 9.59 Å². The number of fused-ring (bicyclic) bond motifs is 1. The summed E-state index contributed by atoms with van der Waals surface area (Å²) < 4.78 is 14.9. The number of amides is 1. The van der Waals surface area contributed by atoms with Gasteiger partial charge < -0.3 is 24.8 Å². The van der Waals surface area contributed by atoms with Crippen molar-refractivity contribution in [2.75, 3.05) is 64.4 Å². The van der Waals surface area contributed by atoms with Crippen LogP contribution in [0.5, 0.6) is 0 Å². The average molecular weight is 580 g/mol. The maximum Gasteiger partial charge on any atom is 0.334 e. The van der Waals surface area contributed by atoms with E-state index in [9.17, 15) is 19.2 Å². The maximum atomic E-state index is 12.6. The molecule has 1 heterocycles. The van der Waals surface area contributed by atoms with Gasteiger partial charge >= 0.3 is 17.9 Å². The first-order valence-electron chi connectivity index (χ1n) is 13.3. The highest BCUT2D eigenvalue weighted by molar-refractivity contribution is 6.31. The summed E-state index contributed by atoms with van der Waals surface area (Å²) in [4.78, 5) is 54.9. The van der Waals surface area contributed by atoms with Gasteiger partial charge in [0.05, 0.1) is 38.4 Å². The third-order valence-electron chi connectivity index (χ3n) is 5.54. The van der Waals surface area contributed by atoms with Gasteiger partial charge in [0.1, 0.15) is 0 Å². The Balaban J connectivity index is 1.85. The quantitative estimate of drug-likeness (QED) is 0.103. The number of nitrogens with zero attached hydrogens (tertiary/aromatic N) is 2. The molecule has 0 aliphatic carbocycles. The predicted octanol–water partition coefficient (Wildman–Crippen LogP) is 1.76. The average Bonchev–Trinajstić information content (AvgIpc) is 2.91. The van der Waals surface area contributed by atoms with E-state index < -0.39 is 23.9 Å². The zero-order valence-corrected chi connectivity index (χ0v) is 23.9. The van der Waals surface area contributed by atoms with Gasteiger partial charge in [-0.05, 0) is 58.0 Å². The largest absolute Gasteiger partial charge is 0.465 e. The fraction of sp³-hybridized carbons (Fsp3) is 0.519. The van der Waals surface area contributed by atoms with E-state index in [2.05, 4.69) is 20.9 Å². The van der Waals surface area contributed by atoms with Gasteiger partial charge in [0.25, 0.3) is 0 Å². The van der Waals surface area contributed by atoms with E-state index in [0.717, 1.165) is 16.6 Å². The Morgan fingerprint density at radius 3 is 2.30 bits per heavy atom. The van der Waals surface area contributed by atoms with E-state index in [-0.39, 0.29) is 45.4 Å². The minimum absolute atomic E-state index is 0.0331. The second-order valence-corrected chi connectivity index (χ2v) is 8.99. The molecule has 0 aliphatic rings. The number of carbonyl (C=O) groups excluding carboxylic acids is 4. The number of ether oxygens (including phenoxy) is 3. The molecule has 0 bridgehead atoms. The maximum absolute atomic E-state index is 12.6. The summed E-state index contributed by atoms with van der Waals surface area (Å²) in [5.74, 6) is -2.16. The van der Waals surface area contributed by atoms with Crippen LogP contribution in [0.2, 0.25) is 5.02 Å². The highest BCUT2D eigenvalue weighted by Crippen LogP contribution is 2.24. The smallest absolute Gasteiger partial charge is 0.334 e. The highest BCUT2D eigenvalue weighted by Gasteiger charge is 2.28. The lowest BCUT2D eigenvalue weighted by molar-refractivity contribution is -0.158. The van der Waals surface area contributed by atoms with Crippen molar-refractivity contribution in [1.29, 1.82) is 0 Å². The number of hydrogen-bond acceptors (Lipinski definition) is 11. The van der Waals surface area contributed by atoms with Crippen LogP contribution in [0.4, 0.5) is 5.69 Å². The summed E-state index contributed by atoms with van der Waals surface area (Å²) in [5.41, 5.74) is 1.64. The van der Waals surface area contributed by atoms with Gasteiger partial charge in [-0.1, -0.05) is 11.6 Å². The summed E-state index contributed by atoms with van der Waals surface area (Å²) in [7, 11) is 0. The number of esters is 3. The summed E-state index contributed by atoms with van der Waals surface area (Å²) in [6.07, 6.45) is 2.12. The van der Waals surface area contributed by atoms with Gasteiger partial charge in [0, 0.05) is 41.9 Å². The third-order valence-corrected chi connectivity index (χ3v) is 5.77. The first-order valence-corrected chi connectivity index (χ1v) is 13.7. The number of hydrogen-bond donors (Lipinski definition) is 3. The Morgan fingerprint density at radius 1 is 0.925 bits per heavy atom. The topological polar surface area (TPSA) is 148 Å². The molecule has 0 aliphatic heterocycles. The Labute approximate surface area is 239 Å². The van der Waals surface area contributed by atoms with Crippen LogP contribution in [0, 0.1) is 0 Å². The van der Waals surface area contributed by atoms with Crippen LogP contribution in [0.15, 0.2) is 30.5 Å². The molecule has 0 saturated carbocycles. The fourth-order valence-corrected chi connectivity index (χ4v) is 3.97. The van der Waals surface area contributed by atoms with Crippen molar-refractivity contribution in [3.05, 3.63) is 35.5 Å². The molecular weight excluding hydrogens is 542 g/mol. The molecule has 1 aromatic heterocycles. The zero-order valence-electron chi connectivity index (χ0n) is 23.2. The number of halogens is 1. The lowest BCUT2D eigenvalue weighted by atomic mass is 10.2. The van der Waals surface area contributed by atoms with E-state index in [4.69, 9.17) is 25.8 Å². The Kier molecular flexibility index (Phi) is 14.7. The predicted molar refractivity (Wildman–Crippen MR) is 151 cm³/mol. The molecule has 12 nitrogen and oxygen atoms in total. The summed E-state index contributed by atoms with van der Waals surface area (Å²) in [5, 5.41) is 10.5. The molecule has 0 radical (unpaired) electrons. The van der Waals surface area contributed by atoms with Crippen molar-refractivity contribution >= 4 is 52.0 Å². The Morgan fingerprint density at radius 2 is 1.62 bits per heavy atom. The lowest BCUT2D eigenvalue weighted by Crippen LogP contribution is -2.47. The van der Waals surface area contributed by atoms with Crippen LogP contribution in [0.25, 0.3) is 10.9 Å². The van der Waals surface area contributed by atoms with Crippen LogP contribution in [0.3, 0.4) is 0 Å². The van der Waals surface area contributed by atoms with Crippen LogP contribution in [0.1, 0.15) is 27.2 Å². The monoisotopic (exact) mass is 579 g/mol.